The first kappa shape index (κ1) is 22.3. The summed E-state index contributed by atoms with van der Waals surface area (Å²) in [6.07, 6.45) is 4.62. The van der Waals surface area contributed by atoms with Gasteiger partial charge in [0, 0.05) is 19.7 Å². The molecule has 0 bridgehead atoms. The molecule has 2 aromatic carbocycles. The average molecular weight is 457 g/mol. The van der Waals surface area contributed by atoms with Crippen molar-refractivity contribution in [3.63, 3.8) is 0 Å². The maximum Gasteiger partial charge on any atom is 0.414 e. The number of amides is 2. The molecule has 2 amide bonds. The van der Waals surface area contributed by atoms with E-state index in [1.165, 1.54) is 13.2 Å². The van der Waals surface area contributed by atoms with Gasteiger partial charge in [-0.3, -0.25) is 9.69 Å². The maximum absolute atomic E-state index is 13.1. The molecule has 1 heterocycles. The zero-order chi connectivity index (χ0) is 23.0. The van der Waals surface area contributed by atoms with E-state index < -0.39 is 15.9 Å². The maximum atomic E-state index is 13.1. The van der Waals surface area contributed by atoms with Gasteiger partial charge < -0.3 is 9.64 Å². The number of benzene rings is 2. The van der Waals surface area contributed by atoms with Crippen LogP contribution in [0.3, 0.4) is 0 Å². The Morgan fingerprint density at radius 2 is 1.59 bits per heavy atom. The summed E-state index contributed by atoms with van der Waals surface area (Å²) in [6, 6.07) is 12.0. The van der Waals surface area contributed by atoms with Crippen molar-refractivity contribution in [2.45, 2.75) is 56.6 Å². The minimum atomic E-state index is -3.28. The topological polar surface area (TPSA) is 84.0 Å². The fourth-order valence-electron chi connectivity index (χ4n) is 4.56. The van der Waals surface area contributed by atoms with Crippen LogP contribution in [0.25, 0.3) is 11.1 Å². The van der Waals surface area contributed by atoms with Gasteiger partial charge in [-0.1, -0.05) is 18.2 Å². The van der Waals surface area contributed by atoms with Crippen molar-refractivity contribution in [1.29, 1.82) is 0 Å². The Morgan fingerprint density at radius 3 is 2.19 bits per heavy atom. The molecule has 1 aliphatic carbocycles. The van der Waals surface area contributed by atoms with Crippen molar-refractivity contribution in [1.82, 2.24) is 0 Å². The molecule has 2 aromatic rings. The van der Waals surface area contributed by atoms with Crippen molar-refractivity contribution in [2.75, 3.05) is 22.6 Å². The molecule has 0 spiro atoms. The lowest BCUT2D eigenvalue weighted by Crippen LogP contribution is -2.51. The summed E-state index contributed by atoms with van der Waals surface area (Å²) in [7, 11) is -3.28. The van der Waals surface area contributed by atoms with E-state index >= 15 is 0 Å². The van der Waals surface area contributed by atoms with Crippen molar-refractivity contribution < 1.29 is 22.7 Å². The number of anilines is 2. The van der Waals surface area contributed by atoms with Gasteiger partial charge in [0.1, 0.15) is 6.10 Å². The Morgan fingerprint density at radius 1 is 0.969 bits per heavy atom. The summed E-state index contributed by atoms with van der Waals surface area (Å²) in [4.78, 5) is 29.0. The molecule has 170 valence electrons. The molecular weight excluding hydrogens is 428 g/mol. The lowest BCUT2D eigenvalue weighted by atomic mass is 10.0. The van der Waals surface area contributed by atoms with Crippen LogP contribution in [0.5, 0.6) is 0 Å². The number of ether oxygens (including phenoxy) is 1. The lowest BCUT2D eigenvalue weighted by molar-refractivity contribution is -0.117. The fourth-order valence-corrected chi connectivity index (χ4v) is 5.19. The van der Waals surface area contributed by atoms with Gasteiger partial charge >= 0.3 is 6.09 Å². The minimum absolute atomic E-state index is 0.0567. The third kappa shape index (κ3) is 4.37. The highest BCUT2D eigenvalue weighted by molar-refractivity contribution is 7.90. The van der Waals surface area contributed by atoms with Crippen LogP contribution >= 0.6 is 0 Å². The standard InChI is InChI=1S/C24H28N2O5S/c1-16-15-25(24(28)31-20-6-4-5-7-20)23-14-19(10-13-22(23)26(16)17(2)27)18-8-11-21(12-9-18)32(3,29)30/h8-14,16,20H,4-7,15H2,1-3H3. The Bertz CT molecular complexity index is 1140. The van der Waals surface area contributed by atoms with Crippen molar-refractivity contribution in [2.24, 2.45) is 0 Å². The SMILES string of the molecule is CC(=O)N1c2ccc(-c3ccc(S(C)(=O)=O)cc3)cc2N(C(=O)OC2CCCC2)CC1C. The number of carbonyl (C=O) groups excluding carboxylic acids is 2. The summed E-state index contributed by atoms with van der Waals surface area (Å²) in [5.74, 6) is -0.0900. The third-order valence-corrected chi connectivity index (χ3v) is 7.29. The number of carbonyl (C=O) groups is 2. The van der Waals surface area contributed by atoms with E-state index in [0.717, 1.165) is 36.8 Å². The normalized spacial score (nSPS) is 19.0. The van der Waals surface area contributed by atoms with Crippen molar-refractivity contribution in [3.8, 4) is 11.1 Å². The van der Waals surface area contributed by atoms with E-state index in [0.29, 0.717) is 17.9 Å². The van der Waals surface area contributed by atoms with E-state index in [-0.39, 0.29) is 22.9 Å². The van der Waals surface area contributed by atoms with Crippen LogP contribution in [-0.2, 0) is 19.4 Å². The first-order chi connectivity index (χ1) is 15.1. The van der Waals surface area contributed by atoms with E-state index in [2.05, 4.69) is 0 Å². The van der Waals surface area contributed by atoms with Crippen LogP contribution in [0, 0.1) is 0 Å². The second-order valence-electron chi connectivity index (χ2n) is 8.64. The number of hydrogen-bond acceptors (Lipinski definition) is 5. The van der Waals surface area contributed by atoms with Gasteiger partial charge in [0.05, 0.1) is 22.3 Å². The predicted octanol–water partition coefficient (Wildman–Crippen LogP) is 4.40. The second kappa shape index (κ2) is 8.58. The molecule has 0 saturated heterocycles. The number of nitrogens with zero attached hydrogens (tertiary/aromatic N) is 2. The van der Waals surface area contributed by atoms with Crippen molar-refractivity contribution in [3.05, 3.63) is 42.5 Å². The zero-order valence-corrected chi connectivity index (χ0v) is 19.4. The number of hydrogen-bond donors (Lipinski definition) is 0. The highest BCUT2D eigenvalue weighted by Gasteiger charge is 2.35. The molecule has 1 atom stereocenters. The van der Waals surface area contributed by atoms with Crippen LogP contribution in [-0.4, -0.2) is 45.4 Å². The number of rotatable bonds is 3. The Labute approximate surface area is 188 Å². The monoisotopic (exact) mass is 456 g/mol. The van der Waals surface area contributed by atoms with Crippen LogP contribution in [0.2, 0.25) is 0 Å². The van der Waals surface area contributed by atoms with Gasteiger partial charge in [0.25, 0.3) is 0 Å². The molecule has 32 heavy (non-hydrogen) atoms. The third-order valence-electron chi connectivity index (χ3n) is 6.16. The van der Waals surface area contributed by atoms with E-state index in [4.69, 9.17) is 4.74 Å². The molecule has 1 aliphatic heterocycles. The Hall–Kier alpha value is -2.87. The smallest absolute Gasteiger partial charge is 0.414 e. The summed E-state index contributed by atoms with van der Waals surface area (Å²) < 4.78 is 29.3. The lowest BCUT2D eigenvalue weighted by Gasteiger charge is -2.40. The molecule has 2 aliphatic rings. The van der Waals surface area contributed by atoms with Crippen molar-refractivity contribution >= 4 is 33.2 Å². The fraction of sp³-hybridized carbons (Fsp3) is 0.417. The molecular formula is C24H28N2O5S. The largest absolute Gasteiger partial charge is 0.446 e. The summed E-state index contributed by atoms with van der Waals surface area (Å²) >= 11 is 0. The molecule has 8 heteroatoms. The zero-order valence-electron chi connectivity index (χ0n) is 18.6. The van der Waals surface area contributed by atoms with Gasteiger partial charge in [-0.25, -0.2) is 13.2 Å². The average Bonchev–Trinajstić information content (AvgIpc) is 3.25. The van der Waals surface area contributed by atoms with Crippen LogP contribution in [0.15, 0.2) is 47.4 Å². The van der Waals surface area contributed by atoms with Gasteiger partial charge in [0.15, 0.2) is 9.84 Å². The summed E-state index contributed by atoms with van der Waals surface area (Å²) in [5, 5.41) is 0. The summed E-state index contributed by atoms with van der Waals surface area (Å²) in [6.45, 7) is 3.78. The molecule has 1 saturated carbocycles. The van der Waals surface area contributed by atoms with Gasteiger partial charge in [0.2, 0.25) is 5.91 Å². The van der Waals surface area contributed by atoms with E-state index in [9.17, 15) is 18.0 Å². The van der Waals surface area contributed by atoms with Crippen LogP contribution < -0.4 is 9.80 Å². The van der Waals surface area contributed by atoms with Gasteiger partial charge in [-0.2, -0.15) is 0 Å². The highest BCUT2D eigenvalue weighted by Crippen LogP contribution is 2.39. The molecule has 1 unspecified atom stereocenters. The molecule has 7 nitrogen and oxygen atoms in total. The first-order valence-electron chi connectivity index (χ1n) is 10.9. The predicted molar refractivity (Wildman–Crippen MR) is 124 cm³/mol. The van der Waals surface area contributed by atoms with Crippen LogP contribution in [0.1, 0.15) is 39.5 Å². The molecule has 0 N–H and O–H groups in total. The van der Waals surface area contributed by atoms with E-state index in [1.54, 1.807) is 34.1 Å². The summed E-state index contributed by atoms with van der Waals surface area (Å²) in [5.41, 5.74) is 2.92. The number of sulfone groups is 1. The minimum Gasteiger partial charge on any atom is -0.446 e. The first-order valence-corrected chi connectivity index (χ1v) is 12.8. The Kier molecular flexibility index (Phi) is 5.99. The molecule has 0 radical (unpaired) electrons. The quantitative estimate of drug-likeness (QED) is 0.684. The molecule has 1 fully saturated rings. The molecule has 4 rings (SSSR count). The van der Waals surface area contributed by atoms with Gasteiger partial charge in [-0.15, -0.1) is 0 Å². The molecule has 0 aromatic heterocycles. The van der Waals surface area contributed by atoms with E-state index in [1.807, 2.05) is 25.1 Å². The van der Waals surface area contributed by atoms with Gasteiger partial charge in [-0.05, 0) is 68.0 Å². The second-order valence-corrected chi connectivity index (χ2v) is 10.7. The highest BCUT2D eigenvalue weighted by atomic mass is 32.2. The number of fused-ring (bicyclic) bond motifs is 1. The van der Waals surface area contributed by atoms with Crippen LogP contribution in [0.4, 0.5) is 16.2 Å². The Balaban J connectivity index is 1.72.